The summed E-state index contributed by atoms with van der Waals surface area (Å²) in [5.74, 6) is 1.60. The van der Waals surface area contributed by atoms with Crippen molar-refractivity contribution < 1.29 is 4.74 Å². The van der Waals surface area contributed by atoms with Gasteiger partial charge >= 0.3 is 0 Å². The van der Waals surface area contributed by atoms with Crippen molar-refractivity contribution in [3.8, 4) is 0 Å². The van der Waals surface area contributed by atoms with Gasteiger partial charge in [0.05, 0.1) is 0 Å². The van der Waals surface area contributed by atoms with Crippen LogP contribution < -0.4 is 10.6 Å². The van der Waals surface area contributed by atoms with Gasteiger partial charge < -0.3 is 15.4 Å². The summed E-state index contributed by atoms with van der Waals surface area (Å²) in [6, 6.07) is 5.82. The first-order valence-corrected chi connectivity index (χ1v) is 7.15. The maximum Gasteiger partial charge on any atom is 0.191 e. The quantitative estimate of drug-likeness (QED) is 0.308. The molecule has 7 nitrogen and oxygen atoms in total. The van der Waals surface area contributed by atoms with Gasteiger partial charge in [0.15, 0.2) is 17.4 Å². The average Bonchev–Trinajstić information content (AvgIpc) is 2.92. The van der Waals surface area contributed by atoms with Crippen molar-refractivity contribution in [1.82, 2.24) is 25.2 Å². The standard InChI is InChI=1S/C14H22N6O.HI/c1-3-15-14(16-8-6-10-21-2)17-11-13-19-18-12-7-4-5-9-20(12)13;/h4-5,7,9H,3,6,8,10-11H2,1-2H3,(H2,15,16,17);1H. The van der Waals surface area contributed by atoms with Gasteiger partial charge in [0.1, 0.15) is 6.54 Å². The lowest BCUT2D eigenvalue weighted by molar-refractivity contribution is 0.195. The fourth-order valence-electron chi connectivity index (χ4n) is 1.91. The molecule has 122 valence electrons. The highest BCUT2D eigenvalue weighted by molar-refractivity contribution is 14.0. The van der Waals surface area contributed by atoms with E-state index in [2.05, 4.69) is 25.8 Å². The minimum atomic E-state index is 0. The van der Waals surface area contributed by atoms with Gasteiger partial charge in [-0.2, -0.15) is 0 Å². The third kappa shape index (κ3) is 5.41. The van der Waals surface area contributed by atoms with Gasteiger partial charge in [-0.25, -0.2) is 4.99 Å². The van der Waals surface area contributed by atoms with Crippen LogP contribution in [-0.4, -0.2) is 47.4 Å². The van der Waals surface area contributed by atoms with Crippen LogP contribution in [0.2, 0.25) is 0 Å². The molecule has 0 aliphatic carbocycles. The highest BCUT2D eigenvalue weighted by Gasteiger charge is 2.04. The van der Waals surface area contributed by atoms with Crippen molar-refractivity contribution in [3.63, 3.8) is 0 Å². The first kappa shape index (κ1) is 18.6. The molecular formula is C14H23IN6O. The van der Waals surface area contributed by atoms with Crippen LogP contribution in [0, 0.1) is 0 Å². The second-order valence-corrected chi connectivity index (χ2v) is 4.51. The van der Waals surface area contributed by atoms with E-state index in [4.69, 9.17) is 4.74 Å². The van der Waals surface area contributed by atoms with E-state index in [9.17, 15) is 0 Å². The molecule has 0 aliphatic rings. The topological polar surface area (TPSA) is 75.8 Å². The summed E-state index contributed by atoms with van der Waals surface area (Å²) in [5.41, 5.74) is 0.834. The molecule has 0 bridgehead atoms. The van der Waals surface area contributed by atoms with Gasteiger partial charge in [-0.15, -0.1) is 34.2 Å². The molecule has 2 heterocycles. The molecule has 0 saturated carbocycles. The van der Waals surface area contributed by atoms with Crippen molar-refractivity contribution in [3.05, 3.63) is 30.2 Å². The largest absolute Gasteiger partial charge is 0.385 e. The maximum absolute atomic E-state index is 5.03. The predicted octanol–water partition coefficient (Wildman–Crippen LogP) is 1.44. The van der Waals surface area contributed by atoms with E-state index in [1.165, 1.54) is 0 Å². The zero-order valence-electron chi connectivity index (χ0n) is 13.0. The first-order valence-electron chi connectivity index (χ1n) is 7.15. The molecule has 0 saturated heterocycles. The number of pyridine rings is 1. The van der Waals surface area contributed by atoms with Crippen LogP contribution >= 0.6 is 24.0 Å². The van der Waals surface area contributed by atoms with Crippen LogP contribution in [0.15, 0.2) is 29.4 Å². The Labute approximate surface area is 147 Å². The molecular weight excluding hydrogens is 395 g/mol. The fourth-order valence-corrected chi connectivity index (χ4v) is 1.91. The minimum Gasteiger partial charge on any atom is -0.385 e. The summed E-state index contributed by atoms with van der Waals surface area (Å²) >= 11 is 0. The Morgan fingerprint density at radius 1 is 1.32 bits per heavy atom. The number of rotatable bonds is 7. The van der Waals surface area contributed by atoms with E-state index in [-0.39, 0.29) is 24.0 Å². The number of hydrogen-bond acceptors (Lipinski definition) is 4. The summed E-state index contributed by atoms with van der Waals surface area (Å²) in [6.07, 6.45) is 2.88. The van der Waals surface area contributed by atoms with E-state index in [1.54, 1.807) is 7.11 Å². The molecule has 0 amide bonds. The number of nitrogens with zero attached hydrogens (tertiary/aromatic N) is 4. The Bertz CT molecular complexity index is 585. The molecule has 2 aromatic rings. The highest BCUT2D eigenvalue weighted by Crippen LogP contribution is 2.03. The van der Waals surface area contributed by atoms with Gasteiger partial charge in [0.25, 0.3) is 0 Å². The predicted molar refractivity (Wildman–Crippen MR) is 97.7 cm³/mol. The highest BCUT2D eigenvalue weighted by atomic mass is 127. The summed E-state index contributed by atoms with van der Waals surface area (Å²) in [6.45, 7) is 4.89. The van der Waals surface area contributed by atoms with Crippen LogP contribution in [-0.2, 0) is 11.3 Å². The molecule has 0 fully saturated rings. The van der Waals surface area contributed by atoms with Gasteiger partial charge in [0.2, 0.25) is 0 Å². The number of nitrogens with one attached hydrogen (secondary N) is 2. The molecule has 0 unspecified atom stereocenters. The Morgan fingerprint density at radius 3 is 2.95 bits per heavy atom. The molecule has 2 rings (SSSR count). The molecule has 0 radical (unpaired) electrons. The number of methoxy groups -OCH3 is 1. The molecule has 0 spiro atoms. The summed E-state index contributed by atoms with van der Waals surface area (Å²) in [7, 11) is 1.70. The Kier molecular flexibility index (Phi) is 8.75. The van der Waals surface area contributed by atoms with Crippen molar-refractivity contribution in [1.29, 1.82) is 0 Å². The normalized spacial score (nSPS) is 11.3. The lowest BCUT2D eigenvalue weighted by Gasteiger charge is -2.10. The Hall–Kier alpha value is -1.42. The van der Waals surface area contributed by atoms with Crippen molar-refractivity contribution in [2.24, 2.45) is 4.99 Å². The average molecular weight is 418 g/mol. The number of aromatic nitrogens is 3. The molecule has 2 aromatic heterocycles. The van der Waals surface area contributed by atoms with Gasteiger partial charge in [-0.05, 0) is 25.5 Å². The molecule has 0 aromatic carbocycles. The number of guanidine groups is 1. The molecule has 8 heteroatoms. The number of aliphatic imine (C=N–C) groups is 1. The molecule has 0 aliphatic heterocycles. The Morgan fingerprint density at radius 2 is 2.18 bits per heavy atom. The van der Waals surface area contributed by atoms with Gasteiger partial charge in [0, 0.05) is 33.0 Å². The number of fused-ring (bicyclic) bond motifs is 1. The third-order valence-electron chi connectivity index (χ3n) is 2.92. The second-order valence-electron chi connectivity index (χ2n) is 4.51. The van der Waals surface area contributed by atoms with E-state index in [1.807, 2.05) is 35.7 Å². The first-order chi connectivity index (χ1) is 10.3. The van der Waals surface area contributed by atoms with E-state index < -0.39 is 0 Å². The number of hydrogen-bond donors (Lipinski definition) is 2. The SMILES string of the molecule is CCNC(=NCc1nnc2ccccn12)NCCCOC.I. The summed E-state index contributed by atoms with van der Waals surface area (Å²) in [5, 5.41) is 14.8. The summed E-state index contributed by atoms with van der Waals surface area (Å²) < 4.78 is 6.97. The molecule has 22 heavy (non-hydrogen) atoms. The zero-order chi connectivity index (χ0) is 14.9. The van der Waals surface area contributed by atoms with Crippen LogP contribution in [0.1, 0.15) is 19.2 Å². The van der Waals surface area contributed by atoms with Gasteiger partial charge in [-0.3, -0.25) is 4.40 Å². The van der Waals surface area contributed by atoms with E-state index in [0.29, 0.717) is 6.54 Å². The van der Waals surface area contributed by atoms with Gasteiger partial charge in [-0.1, -0.05) is 6.07 Å². The molecule has 2 N–H and O–H groups in total. The molecule has 0 atom stereocenters. The van der Waals surface area contributed by atoms with Crippen molar-refractivity contribution >= 4 is 35.6 Å². The van der Waals surface area contributed by atoms with E-state index >= 15 is 0 Å². The lowest BCUT2D eigenvalue weighted by atomic mass is 10.4. The van der Waals surface area contributed by atoms with Crippen LogP contribution in [0.4, 0.5) is 0 Å². The van der Waals surface area contributed by atoms with Crippen LogP contribution in [0.3, 0.4) is 0 Å². The van der Waals surface area contributed by atoms with Crippen LogP contribution in [0.5, 0.6) is 0 Å². The maximum atomic E-state index is 5.03. The van der Waals surface area contributed by atoms with Crippen molar-refractivity contribution in [2.75, 3.05) is 26.8 Å². The number of halogens is 1. The second kappa shape index (κ2) is 10.3. The Balaban J connectivity index is 0.00000242. The zero-order valence-corrected chi connectivity index (χ0v) is 15.3. The fraction of sp³-hybridized carbons (Fsp3) is 0.500. The van der Waals surface area contributed by atoms with E-state index in [0.717, 1.165) is 43.5 Å². The van der Waals surface area contributed by atoms with Crippen molar-refractivity contribution in [2.45, 2.75) is 19.9 Å². The lowest BCUT2D eigenvalue weighted by Crippen LogP contribution is -2.38. The monoisotopic (exact) mass is 418 g/mol. The third-order valence-corrected chi connectivity index (χ3v) is 2.92. The number of ether oxygens (including phenoxy) is 1. The smallest absolute Gasteiger partial charge is 0.191 e. The summed E-state index contributed by atoms with van der Waals surface area (Å²) in [4.78, 5) is 4.53. The van der Waals surface area contributed by atoms with Crippen LogP contribution in [0.25, 0.3) is 5.65 Å². The minimum absolute atomic E-state index is 0.